The minimum absolute atomic E-state index is 0.321. The average Bonchev–Trinajstić information content (AvgIpc) is 3.09. The van der Waals surface area contributed by atoms with Crippen molar-refractivity contribution in [2.75, 3.05) is 19.8 Å². The molecule has 0 radical (unpaired) electrons. The predicted molar refractivity (Wildman–Crippen MR) is 77.9 cm³/mol. The Morgan fingerprint density at radius 1 is 1.29 bits per heavy atom. The number of aryl methyl sites for hydroxylation is 1. The van der Waals surface area contributed by atoms with Crippen molar-refractivity contribution in [1.82, 2.24) is 5.32 Å². The van der Waals surface area contributed by atoms with Crippen LogP contribution in [0.15, 0.2) is 16.5 Å². The van der Waals surface area contributed by atoms with Gasteiger partial charge in [-0.15, -0.1) is 0 Å². The second-order valence-corrected chi connectivity index (χ2v) is 6.45. The van der Waals surface area contributed by atoms with Crippen molar-refractivity contribution in [2.45, 2.75) is 57.0 Å². The van der Waals surface area contributed by atoms with Gasteiger partial charge in [-0.25, -0.2) is 0 Å². The molecule has 2 aliphatic rings. The molecule has 3 rings (SSSR count). The maximum absolute atomic E-state index is 10.5. The number of aliphatic hydroxyl groups is 1. The van der Waals surface area contributed by atoms with Crippen LogP contribution in [0.5, 0.6) is 0 Å². The first-order valence-corrected chi connectivity index (χ1v) is 7.80. The van der Waals surface area contributed by atoms with Crippen LogP contribution in [0.4, 0.5) is 0 Å². The van der Waals surface area contributed by atoms with Gasteiger partial charge >= 0.3 is 0 Å². The highest BCUT2D eigenvalue weighted by Crippen LogP contribution is 2.36. The van der Waals surface area contributed by atoms with E-state index >= 15 is 0 Å². The Morgan fingerprint density at radius 3 is 2.52 bits per heavy atom. The first kappa shape index (κ1) is 15.0. The van der Waals surface area contributed by atoms with Crippen molar-refractivity contribution in [3.63, 3.8) is 0 Å². The molecule has 1 saturated carbocycles. The lowest BCUT2D eigenvalue weighted by Gasteiger charge is -2.36. The number of hydrogen-bond donors (Lipinski definition) is 2. The van der Waals surface area contributed by atoms with Gasteiger partial charge in [0.25, 0.3) is 0 Å². The van der Waals surface area contributed by atoms with Gasteiger partial charge in [0.05, 0.1) is 13.2 Å². The monoisotopic (exact) mass is 295 g/mol. The van der Waals surface area contributed by atoms with Crippen LogP contribution in [0, 0.1) is 6.92 Å². The van der Waals surface area contributed by atoms with Crippen molar-refractivity contribution in [1.29, 1.82) is 0 Å². The lowest BCUT2D eigenvalue weighted by Crippen LogP contribution is -2.46. The normalized spacial score (nSPS) is 25.3. The third-order valence-electron chi connectivity index (χ3n) is 4.57. The summed E-state index contributed by atoms with van der Waals surface area (Å²) in [7, 11) is 0. The first-order valence-electron chi connectivity index (χ1n) is 7.80. The van der Waals surface area contributed by atoms with Gasteiger partial charge in [0.15, 0.2) is 5.79 Å². The first-order chi connectivity index (χ1) is 9.99. The highest BCUT2D eigenvalue weighted by molar-refractivity contribution is 5.13. The molecule has 1 spiro atoms. The summed E-state index contributed by atoms with van der Waals surface area (Å²) in [6.45, 7) is 5.58. The van der Waals surface area contributed by atoms with E-state index in [0.29, 0.717) is 31.6 Å². The van der Waals surface area contributed by atoms with E-state index in [1.807, 2.05) is 19.1 Å². The van der Waals surface area contributed by atoms with Crippen LogP contribution in [0.3, 0.4) is 0 Å². The fraction of sp³-hybridized carbons (Fsp3) is 0.750. The topological polar surface area (TPSA) is 63.9 Å². The SMILES string of the molecule is Cc1ccc([C@](C)(O)CNC2CCC3(CC2)OCCO3)o1. The van der Waals surface area contributed by atoms with Gasteiger partial charge in [-0.3, -0.25) is 0 Å². The van der Waals surface area contributed by atoms with Crippen molar-refractivity contribution < 1.29 is 19.0 Å². The largest absolute Gasteiger partial charge is 0.463 e. The lowest BCUT2D eigenvalue weighted by molar-refractivity contribution is -0.179. The predicted octanol–water partition coefficient (Wildman–Crippen LogP) is 2.07. The third-order valence-corrected chi connectivity index (χ3v) is 4.57. The van der Waals surface area contributed by atoms with E-state index in [2.05, 4.69) is 5.32 Å². The Labute approximate surface area is 125 Å². The Morgan fingerprint density at radius 2 is 1.95 bits per heavy atom. The van der Waals surface area contributed by atoms with Crippen molar-refractivity contribution in [3.05, 3.63) is 23.7 Å². The van der Waals surface area contributed by atoms with E-state index in [-0.39, 0.29) is 5.79 Å². The molecule has 2 fully saturated rings. The summed E-state index contributed by atoms with van der Waals surface area (Å²) in [5, 5.41) is 14.0. The van der Waals surface area contributed by atoms with Crippen molar-refractivity contribution >= 4 is 0 Å². The van der Waals surface area contributed by atoms with E-state index < -0.39 is 5.60 Å². The van der Waals surface area contributed by atoms with Crippen LogP contribution >= 0.6 is 0 Å². The summed E-state index contributed by atoms with van der Waals surface area (Å²) in [6, 6.07) is 4.11. The Balaban J connectivity index is 1.49. The molecule has 5 nitrogen and oxygen atoms in total. The molecular formula is C16H25NO4. The van der Waals surface area contributed by atoms with E-state index in [4.69, 9.17) is 13.9 Å². The fourth-order valence-electron chi connectivity index (χ4n) is 3.20. The standard InChI is InChI=1S/C16H25NO4/c1-12-3-4-14(21-12)15(2,18)11-17-13-5-7-16(8-6-13)19-9-10-20-16/h3-4,13,17-18H,5-11H2,1-2H3/t15-/m1/s1. The van der Waals surface area contributed by atoms with Crippen molar-refractivity contribution in [2.24, 2.45) is 0 Å². The minimum atomic E-state index is -0.982. The van der Waals surface area contributed by atoms with Crippen LogP contribution < -0.4 is 5.32 Å². The second kappa shape index (κ2) is 5.72. The molecule has 1 aromatic rings. The summed E-state index contributed by atoms with van der Waals surface area (Å²) in [5.41, 5.74) is -0.982. The molecule has 21 heavy (non-hydrogen) atoms. The van der Waals surface area contributed by atoms with Gasteiger partial charge in [0.2, 0.25) is 0 Å². The van der Waals surface area contributed by atoms with E-state index in [0.717, 1.165) is 31.4 Å². The highest BCUT2D eigenvalue weighted by atomic mass is 16.7. The number of nitrogens with one attached hydrogen (secondary N) is 1. The van der Waals surface area contributed by atoms with E-state index in [1.165, 1.54) is 0 Å². The molecular weight excluding hydrogens is 270 g/mol. The molecule has 118 valence electrons. The summed E-state index contributed by atoms with van der Waals surface area (Å²) in [5.74, 6) is 1.11. The fourth-order valence-corrected chi connectivity index (χ4v) is 3.20. The number of furan rings is 1. The van der Waals surface area contributed by atoms with Gasteiger partial charge < -0.3 is 24.3 Å². The zero-order valence-electron chi connectivity index (χ0n) is 12.9. The summed E-state index contributed by atoms with van der Waals surface area (Å²) in [6.07, 6.45) is 3.86. The Bertz CT molecular complexity index is 466. The molecule has 2 N–H and O–H groups in total. The third kappa shape index (κ3) is 3.31. The second-order valence-electron chi connectivity index (χ2n) is 6.45. The van der Waals surface area contributed by atoms with Crippen LogP contribution in [-0.2, 0) is 15.1 Å². The molecule has 1 aliphatic heterocycles. The molecule has 2 heterocycles. The maximum Gasteiger partial charge on any atom is 0.168 e. The van der Waals surface area contributed by atoms with Crippen LogP contribution in [0.1, 0.15) is 44.1 Å². The molecule has 5 heteroatoms. The van der Waals surface area contributed by atoms with Gasteiger partial charge in [-0.1, -0.05) is 0 Å². The van der Waals surface area contributed by atoms with Gasteiger partial charge in [0, 0.05) is 25.4 Å². The molecule has 1 aliphatic carbocycles. The Hall–Kier alpha value is -0.880. The zero-order valence-corrected chi connectivity index (χ0v) is 12.9. The summed E-state index contributed by atoms with van der Waals surface area (Å²) >= 11 is 0. The van der Waals surface area contributed by atoms with Gasteiger partial charge in [-0.2, -0.15) is 0 Å². The maximum atomic E-state index is 10.5. The van der Waals surface area contributed by atoms with Crippen LogP contribution in [0.25, 0.3) is 0 Å². The lowest BCUT2D eigenvalue weighted by atomic mass is 9.89. The van der Waals surface area contributed by atoms with Crippen molar-refractivity contribution in [3.8, 4) is 0 Å². The van der Waals surface area contributed by atoms with E-state index in [9.17, 15) is 5.11 Å². The van der Waals surface area contributed by atoms with Gasteiger partial charge in [0.1, 0.15) is 17.1 Å². The molecule has 0 bridgehead atoms. The average molecular weight is 295 g/mol. The number of ether oxygens (including phenoxy) is 2. The Kier molecular flexibility index (Phi) is 4.10. The summed E-state index contributed by atoms with van der Waals surface area (Å²) < 4.78 is 17.0. The summed E-state index contributed by atoms with van der Waals surface area (Å²) in [4.78, 5) is 0. The van der Waals surface area contributed by atoms with Gasteiger partial charge in [-0.05, 0) is 38.8 Å². The van der Waals surface area contributed by atoms with Crippen LogP contribution in [0.2, 0.25) is 0 Å². The molecule has 0 amide bonds. The molecule has 1 aromatic heterocycles. The molecule has 1 atom stereocenters. The number of hydrogen-bond acceptors (Lipinski definition) is 5. The quantitative estimate of drug-likeness (QED) is 0.890. The van der Waals surface area contributed by atoms with Crippen LogP contribution in [-0.4, -0.2) is 36.7 Å². The molecule has 1 saturated heterocycles. The highest BCUT2D eigenvalue weighted by Gasteiger charge is 2.40. The molecule has 0 unspecified atom stereocenters. The number of rotatable bonds is 4. The minimum Gasteiger partial charge on any atom is -0.463 e. The zero-order chi connectivity index (χ0) is 14.9. The van der Waals surface area contributed by atoms with E-state index in [1.54, 1.807) is 6.92 Å². The molecule has 0 aromatic carbocycles. The smallest absolute Gasteiger partial charge is 0.168 e.